The van der Waals surface area contributed by atoms with Gasteiger partial charge in [0.25, 0.3) is 5.91 Å². The van der Waals surface area contributed by atoms with Gasteiger partial charge in [0, 0.05) is 20.0 Å². The third kappa shape index (κ3) is 4.50. The van der Waals surface area contributed by atoms with E-state index in [0.29, 0.717) is 24.6 Å². The van der Waals surface area contributed by atoms with Crippen molar-refractivity contribution in [3.05, 3.63) is 65.1 Å². The number of carbonyl (C=O) groups is 1. The van der Waals surface area contributed by atoms with Crippen LogP contribution in [0.2, 0.25) is 0 Å². The molecule has 0 saturated carbocycles. The van der Waals surface area contributed by atoms with Crippen LogP contribution in [0.25, 0.3) is 0 Å². The highest BCUT2D eigenvalue weighted by Crippen LogP contribution is 2.32. The molecule has 1 unspecified atom stereocenters. The van der Waals surface area contributed by atoms with Crippen molar-refractivity contribution < 1.29 is 13.9 Å². The Morgan fingerprint density at radius 3 is 2.87 bits per heavy atom. The average molecular weight is 423 g/mol. The highest BCUT2D eigenvalue weighted by Gasteiger charge is 2.33. The smallest absolute Gasteiger partial charge is 0.272 e. The second-order valence-electron chi connectivity index (χ2n) is 8.44. The molecule has 4 rings (SSSR count). The van der Waals surface area contributed by atoms with Crippen LogP contribution >= 0.6 is 0 Å². The van der Waals surface area contributed by atoms with Crippen LogP contribution in [0.3, 0.4) is 0 Å². The number of methoxy groups -OCH3 is 1. The lowest BCUT2D eigenvalue weighted by molar-refractivity contribution is 0.0558. The first-order chi connectivity index (χ1) is 15.0. The zero-order valence-electron chi connectivity index (χ0n) is 18.7. The summed E-state index contributed by atoms with van der Waals surface area (Å²) in [4.78, 5) is 19.8. The summed E-state index contributed by atoms with van der Waals surface area (Å²) in [6.07, 6.45) is 5.27. The van der Waals surface area contributed by atoms with Gasteiger partial charge in [0.1, 0.15) is 23.2 Å². The van der Waals surface area contributed by atoms with Crippen LogP contribution in [0.1, 0.15) is 78.5 Å². The fourth-order valence-electron chi connectivity index (χ4n) is 4.09. The van der Waals surface area contributed by atoms with Gasteiger partial charge in [0.2, 0.25) is 5.89 Å². The molecule has 0 spiro atoms. The minimum Gasteiger partial charge on any atom is -0.497 e. The summed E-state index contributed by atoms with van der Waals surface area (Å²) < 4.78 is 13.1. The fraction of sp³-hybridized carbons (Fsp3) is 0.458. The van der Waals surface area contributed by atoms with Gasteiger partial charge in [-0.15, -0.1) is 0 Å². The SMILES string of the molecule is COc1cccc(Cc2cnc(C3CCCCN3C(=O)c3cc(C(C)C)nn3C)o2)c1. The lowest BCUT2D eigenvalue weighted by atomic mass is 10.0. The van der Waals surface area contributed by atoms with Crippen LogP contribution in [0.5, 0.6) is 5.75 Å². The Balaban J connectivity index is 1.54. The first-order valence-corrected chi connectivity index (χ1v) is 10.9. The molecular formula is C24H30N4O3. The molecule has 0 aliphatic carbocycles. The first kappa shape index (κ1) is 21.2. The Morgan fingerprint density at radius 1 is 1.29 bits per heavy atom. The molecule has 0 N–H and O–H groups in total. The average Bonchev–Trinajstić information content (AvgIpc) is 3.40. The maximum atomic E-state index is 13.4. The van der Waals surface area contributed by atoms with Crippen molar-refractivity contribution in [2.45, 2.75) is 51.5 Å². The lowest BCUT2D eigenvalue weighted by Gasteiger charge is -2.33. The zero-order valence-corrected chi connectivity index (χ0v) is 18.7. The van der Waals surface area contributed by atoms with E-state index in [-0.39, 0.29) is 17.9 Å². The molecule has 1 aliphatic rings. The van der Waals surface area contributed by atoms with Gasteiger partial charge in [-0.2, -0.15) is 5.10 Å². The van der Waals surface area contributed by atoms with Crippen molar-refractivity contribution in [3.8, 4) is 5.75 Å². The molecule has 1 atom stereocenters. The van der Waals surface area contributed by atoms with E-state index in [4.69, 9.17) is 9.15 Å². The van der Waals surface area contributed by atoms with Crippen LogP contribution in [0, 0.1) is 0 Å². The topological polar surface area (TPSA) is 73.4 Å². The Morgan fingerprint density at radius 2 is 2.13 bits per heavy atom. The summed E-state index contributed by atoms with van der Waals surface area (Å²) in [5, 5.41) is 4.51. The number of amides is 1. The number of hydrogen-bond acceptors (Lipinski definition) is 5. The maximum Gasteiger partial charge on any atom is 0.272 e. The lowest BCUT2D eigenvalue weighted by Crippen LogP contribution is -2.39. The van der Waals surface area contributed by atoms with Gasteiger partial charge in [0.05, 0.1) is 19.0 Å². The molecule has 164 valence electrons. The second-order valence-corrected chi connectivity index (χ2v) is 8.44. The summed E-state index contributed by atoms with van der Waals surface area (Å²) >= 11 is 0. The van der Waals surface area contributed by atoms with Gasteiger partial charge < -0.3 is 14.1 Å². The summed E-state index contributed by atoms with van der Waals surface area (Å²) in [7, 11) is 3.49. The quantitative estimate of drug-likeness (QED) is 0.585. The van der Waals surface area contributed by atoms with Crippen LogP contribution in [0.4, 0.5) is 0 Å². The fourth-order valence-corrected chi connectivity index (χ4v) is 4.09. The minimum atomic E-state index is -0.155. The number of rotatable bonds is 6. The molecule has 0 radical (unpaired) electrons. The third-order valence-corrected chi connectivity index (χ3v) is 5.84. The number of benzene rings is 1. The van der Waals surface area contributed by atoms with Crippen LogP contribution in [-0.2, 0) is 13.5 Å². The first-order valence-electron chi connectivity index (χ1n) is 10.9. The van der Waals surface area contributed by atoms with E-state index in [1.165, 1.54) is 0 Å². The molecule has 1 fully saturated rings. The predicted molar refractivity (Wildman–Crippen MR) is 117 cm³/mol. The monoisotopic (exact) mass is 422 g/mol. The molecule has 1 aliphatic heterocycles. The number of oxazole rings is 1. The zero-order chi connectivity index (χ0) is 22.0. The van der Waals surface area contributed by atoms with Crippen molar-refractivity contribution >= 4 is 5.91 Å². The van der Waals surface area contributed by atoms with E-state index in [1.54, 1.807) is 18.0 Å². The van der Waals surface area contributed by atoms with Gasteiger partial charge in [-0.3, -0.25) is 9.48 Å². The molecule has 7 heteroatoms. The van der Waals surface area contributed by atoms with E-state index >= 15 is 0 Å². The van der Waals surface area contributed by atoms with E-state index in [1.807, 2.05) is 42.3 Å². The molecular weight excluding hydrogens is 392 g/mol. The number of ether oxygens (including phenoxy) is 1. The number of carbonyl (C=O) groups excluding carboxylic acids is 1. The van der Waals surface area contributed by atoms with Gasteiger partial charge in [-0.1, -0.05) is 26.0 Å². The Bertz CT molecular complexity index is 1050. The van der Waals surface area contributed by atoms with E-state index in [0.717, 1.165) is 42.0 Å². The van der Waals surface area contributed by atoms with Crippen molar-refractivity contribution in [2.24, 2.45) is 7.05 Å². The van der Waals surface area contributed by atoms with Crippen molar-refractivity contribution in [2.75, 3.05) is 13.7 Å². The minimum absolute atomic E-state index is 0.0147. The standard InChI is InChI=1S/C24H30N4O3/c1-16(2)20-14-22(27(3)26-20)24(29)28-11-6-5-10-21(28)23-25-15-19(31-23)13-17-8-7-9-18(12-17)30-4/h7-9,12,14-16,21H,5-6,10-11,13H2,1-4H3. The molecule has 1 aromatic carbocycles. The van der Waals surface area contributed by atoms with E-state index in [2.05, 4.69) is 23.9 Å². The second kappa shape index (κ2) is 8.96. The van der Waals surface area contributed by atoms with Gasteiger partial charge in [0.15, 0.2) is 0 Å². The summed E-state index contributed by atoms with van der Waals surface area (Å²) in [5.74, 6) is 2.47. The maximum absolute atomic E-state index is 13.4. The number of nitrogens with zero attached hydrogens (tertiary/aromatic N) is 4. The molecule has 2 aromatic heterocycles. The van der Waals surface area contributed by atoms with Crippen LogP contribution < -0.4 is 4.74 Å². The Labute approximate surface area is 183 Å². The molecule has 0 bridgehead atoms. The Hall–Kier alpha value is -3.09. The van der Waals surface area contributed by atoms with Crippen LogP contribution in [-0.4, -0.2) is 39.2 Å². The molecule has 7 nitrogen and oxygen atoms in total. The van der Waals surface area contributed by atoms with Gasteiger partial charge >= 0.3 is 0 Å². The molecule has 1 saturated heterocycles. The normalized spacial score (nSPS) is 16.7. The van der Waals surface area contributed by atoms with Gasteiger partial charge in [-0.05, 0) is 48.9 Å². The molecule has 1 amide bonds. The molecule has 31 heavy (non-hydrogen) atoms. The summed E-state index contributed by atoms with van der Waals surface area (Å²) in [6, 6.07) is 9.67. The van der Waals surface area contributed by atoms with E-state index in [9.17, 15) is 4.79 Å². The van der Waals surface area contributed by atoms with Crippen molar-refractivity contribution in [1.82, 2.24) is 19.7 Å². The van der Waals surface area contributed by atoms with Gasteiger partial charge in [-0.25, -0.2) is 4.98 Å². The van der Waals surface area contributed by atoms with Crippen LogP contribution in [0.15, 0.2) is 40.9 Å². The number of hydrogen-bond donors (Lipinski definition) is 0. The highest BCUT2D eigenvalue weighted by molar-refractivity contribution is 5.93. The number of aromatic nitrogens is 3. The number of piperidine rings is 1. The largest absolute Gasteiger partial charge is 0.497 e. The molecule has 3 heterocycles. The third-order valence-electron chi connectivity index (χ3n) is 5.84. The number of aryl methyl sites for hydroxylation is 1. The van der Waals surface area contributed by atoms with E-state index < -0.39 is 0 Å². The molecule has 3 aromatic rings. The van der Waals surface area contributed by atoms with Crippen molar-refractivity contribution in [1.29, 1.82) is 0 Å². The predicted octanol–water partition coefficient (Wildman–Crippen LogP) is 4.50. The Kier molecular flexibility index (Phi) is 6.11. The summed E-state index contributed by atoms with van der Waals surface area (Å²) in [5.41, 5.74) is 2.63. The summed E-state index contributed by atoms with van der Waals surface area (Å²) in [6.45, 7) is 4.85. The number of likely N-dealkylation sites (tertiary alicyclic amines) is 1. The van der Waals surface area contributed by atoms with Crippen molar-refractivity contribution in [3.63, 3.8) is 0 Å². The highest BCUT2D eigenvalue weighted by atomic mass is 16.5.